The van der Waals surface area contributed by atoms with Gasteiger partial charge in [0, 0.05) is 17.9 Å². The van der Waals surface area contributed by atoms with Crippen molar-refractivity contribution in [3.05, 3.63) is 57.1 Å². The van der Waals surface area contributed by atoms with Crippen LogP contribution < -0.4 is 14.8 Å². The van der Waals surface area contributed by atoms with Crippen LogP contribution in [0.4, 0.5) is 5.69 Å². The third-order valence-corrected chi connectivity index (χ3v) is 5.55. The molecule has 9 nitrogen and oxygen atoms in total. The molecule has 0 aromatic heterocycles. The third kappa shape index (κ3) is 4.83. The number of nitro groups is 1. The maximum atomic E-state index is 12.6. The smallest absolute Gasteiger partial charge is 0.288 e. The van der Waals surface area contributed by atoms with E-state index in [0.717, 1.165) is 29.5 Å². The van der Waals surface area contributed by atoms with Gasteiger partial charge in [-0.3, -0.25) is 14.9 Å². The second-order valence-corrected chi connectivity index (χ2v) is 8.45. The van der Waals surface area contributed by atoms with Crippen LogP contribution in [0.25, 0.3) is 0 Å². The highest BCUT2D eigenvalue weighted by molar-refractivity contribution is 7.90. The van der Waals surface area contributed by atoms with Crippen LogP contribution in [-0.4, -0.2) is 39.7 Å². The van der Waals surface area contributed by atoms with Crippen molar-refractivity contribution in [3.8, 4) is 11.5 Å². The van der Waals surface area contributed by atoms with E-state index in [0.29, 0.717) is 11.5 Å². The second-order valence-electron chi connectivity index (χ2n) is 6.47. The average Bonchev–Trinajstić information content (AvgIpc) is 2.66. The van der Waals surface area contributed by atoms with Crippen molar-refractivity contribution in [3.63, 3.8) is 0 Å². The lowest BCUT2D eigenvalue weighted by Gasteiger charge is -2.19. The Bertz CT molecular complexity index is 1060. The van der Waals surface area contributed by atoms with E-state index in [1.165, 1.54) is 20.3 Å². The zero-order chi connectivity index (χ0) is 21.9. The van der Waals surface area contributed by atoms with Gasteiger partial charge in [0.15, 0.2) is 21.3 Å². The molecule has 0 spiro atoms. The number of ether oxygens (including phenoxy) is 2. The van der Waals surface area contributed by atoms with Crippen LogP contribution in [0.1, 0.15) is 34.5 Å². The van der Waals surface area contributed by atoms with Gasteiger partial charge in [-0.15, -0.1) is 0 Å². The number of rotatable bonds is 7. The molecule has 0 aliphatic carbocycles. The Morgan fingerprint density at radius 2 is 1.72 bits per heavy atom. The Hall–Kier alpha value is -3.14. The fraction of sp³-hybridized carbons (Fsp3) is 0.316. The highest BCUT2D eigenvalue weighted by atomic mass is 32.2. The van der Waals surface area contributed by atoms with Crippen molar-refractivity contribution in [1.29, 1.82) is 0 Å². The van der Waals surface area contributed by atoms with Crippen LogP contribution >= 0.6 is 0 Å². The monoisotopic (exact) mass is 422 g/mol. The van der Waals surface area contributed by atoms with Crippen molar-refractivity contribution in [2.75, 3.05) is 20.5 Å². The molecule has 10 heteroatoms. The van der Waals surface area contributed by atoms with E-state index >= 15 is 0 Å². The van der Waals surface area contributed by atoms with Crippen LogP contribution in [0.3, 0.4) is 0 Å². The molecular formula is C19H22N2O7S. The molecule has 0 bridgehead atoms. The van der Waals surface area contributed by atoms with Gasteiger partial charge in [-0.2, -0.15) is 0 Å². The van der Waals surface area contributed by atoms with Gasteiger partial charge in [-0.05, 0) is 49.2 Å². The third-order valence-electron chi connectivity index (χ3n) is 4.40. The zero-order valence-electron chi connectivity index (χ0n) is 16.7. The molecular weight excluding hydrogens is 400 g/mol. The molecule has 2 rings (SSSR count). The highest BCUT2D eigenvalue weighted by Gasteiger charge is 2.25. The quantitative estimate of drug-likeness (QED) is 0.537. The summed E-state index contributed by atoms with van der Waals surface area (Å²) in [5.74, 6) is 0.483. The van der Waals surface area contributed by atoms with Gasteiger partial charge in [-0.25, -0.2) is 8.42 Å². The Labute approximate surface area is 168 Å². The fourth-order valence-corrected chi connectivity index (χ4v) is 3.76. The minimum Gasteiger partial charge on any atom is -0.493 e. The summed E-state index contributed by atoms with van der Waals surface area (Å²) in [6.07, 6.45) is 0.872. The number of hydrogen-bond donors (Lipinski definition) is 1. The number of sulfone groups is 1. The van der Waals surface area contributed by atoms with Crippen LogP contribution in [0.5, 0.6) is 11.5 Å². The van der Waals surface area contributed by atoms with Gasteiger partial charge >= 0.3 is 0 Å². The number of hydrogen-bond acceptors (Lipinski definition) is 7. The number of nitro benzene ring substituents is 1. The Balaban J connectivity index is 2.35. The summed E-state index contributed by atoms with van der Waals surface area (Å²) in [6, 6.07) is 6.34. The molecule has 156 valence electrons. The largest absolute Gasteiger partial charge is 0.493 e. The summed E-state index contributed by atoms with van der Waals surface area (Å²) in [5, 5.41) is 14.0. The molecule has 0 unspecified atom stereocenters. The molecule has 0 heterocycles. The standard InChI is InChI=1S/C19H22N2O7S/c1-11-8-16(27-3)17(28-4)10-14(11)12(2)20-19(22)13-6-7-18(29(5,25)26)15(9-13)21(23)24/h6-10,12H,1-5H3,(H,20,22)/t12-/m1/s1. The van der Waals surface area contributed by atoms with Crippen molar-refractivity contribution >= 4 is 21.4 Å². The van der Waals surface area contributed by atoms with E-state index in [-0.39, 0.29) is 5.56 Å². The molecule has 0 fully saturated rings. The molecule has 2 aromatic carbocycles. The molecule has 0 aliphatic rings. The number of amides is 1. The molecule has 29 heavy (non-hydrogen) atoms. The minimum absolute atomic E-state index is 0.0194. The molecule has 1 amide bonds. The van der Waals surface area contributed by atoms with Gasteiger partial charge in [0.1, 0.15) is 4.90 Å². The number of carbonyl (C=O) groups excluding carboxylic acids is 1. The maximum Gasteiger partial charge on any atom is 0.288 e. The Morgan fingerprint density at radius 3 is 2.24 bits per heavy atom. The lowest BCUT2D eigenvalue weighted by atomic mass is 10.0. The van der Waals surface area contributed by atoms with Crippen molar-refractivity contribution in [2.45, 2.75) is 24.8 Å². The van der Waals surface area contributed by atoms with Gasteiger partial charge in [-0.1, -0.05) is 0 Å². The summed E-state index contributed by atoms with van der Waals surface area (Å²) in [7, 11) is -0.780. The van der Waals surface area contributed by atoms with Gasteiger partial charge in [0.05, 0.1) is 25.2 Å². The topological polar surface area (TPSA) is 125 Å². The molecule has 0 aliphatic heterocycles. The highest BCUT2D eigenvalue weighted by Crippen LogP contribution is 2.33. The van der Waals surface area contributed by atoms with Gasteiger partial charge in [0.2, 0.25) is 0 Å². The minimum atomic E-state index is -3.81. The predicted molar refractivity (Wildman–Crippen MR) is 106 cm³/mol. The molecule has 0 radical (unpaired) electrons. The van der Waals surface area contributed by atoms with Crippen molar-refractivity contribution in [1.82, 2.24) is 5.32 Å². The van der Waals surface area contributed by atoms with E-state index in [4.69, 9.17) is 9.47 Å². The molecule has 1 atom stereocenters. The molecule has 2 aromatic rings. The van der Waals surface area contributed by atoms with E-state index in [1.54, 1.807) is 19.1 Å². The summed E-state index contributed by atoms with van der Waals surface area (Å²) in [5.41, 5.74) is 0.969. The number of methoxy groups -OCH3 is 2. The second kappa shape index (κ2) is 8.48. The summed E-state index contributed by atoms with van der Waals surface area (Å²) < 4.78 is 34.0. The lowest BCUT2D eigenvalue weighted by molar-refractivity contribution is -0.387. The van der Waals surface area contributed by atoms with Crippen LogP contribution in [0.2, 0.25) is 0 Å². The summed E-state index contributed by atoms with van der Waals surface area (Å²) in [4.78, 5) is 22.6. The molecule has 0 saturated heterocycles. The fourth-order valence-electron chi connectivity index (χ4n) is 2.94. The first-order valence-electron chi connectivity index (χ1n) is 8.51. The Morgan fingerprint density at radius 1 is 1.14 bits per heavy atom. The predicted octanol–water partition coefficient (Wildman–Crippen LogP) is 2.81. The molecule has 1 N–H and O–H groups in total. The van der Waals surface area contributed by atoms with Crippen molar-refractivity contribution < 1.29 is 27.6 Å². The average molecular weight is 422 g/mol. The van der Waals surface area contributed by atoms with Crippen molar-refractivity contribution in [2.24, 2.45) is 0 Å². The summed E-state index contributed by atoms with van der Waals surface area (Å²) >= 11 is 0. The number of benzene rings is 2. The van der Waals surface area contributed by atoms with E-state index < -0.39 is 37.3 Å². The number of nitrogens with one attached hydrogen (secondary N) is 1. The normalized spacial score (nSPS) is 12.2. The number of nitrogens with zero attached hydrogens (tertiary/aromatic N) is 1. The number of aryl methyl sites for hydroxylation is 1. The first-order chi connectivity index (χ1) is 13.5. The zero-order valence-corrected chi connectivity index (χ0v) is 17.5. The van der Waals surface area contributed by atoms with Crippen LogP contribution in [0.15, 0.2) is 35.2 Å². The maximum absolute atomic E-state index is 12.6. The van der Waals surface area contributed by atoms with Gasteiger partial charge in [0.25, 0.3) is 11.6 Å². The number of carbonyl (C=O) groups is 1. The first kappa shape index (κ1) is 22.2. The lowest BCUT2D eigenvalue weighted by Crippen LogP contribution is -2.27. The van der Waals surface area contributed by atoms with Crippen LogP contribution in [0, 0.1) is 17.0 Å². The SMILES string of the molecule is COc1cc(C)c([C@@H](C)NC(=O)c2ccc(S(C)(=O)=O)c([N+](=O)[O-])c2)cc1OC. The first-order valence-corrected chi connectivity index (χ1v) is 10.4. The van der Waals surface area contributed by atoms with E-state index in [1.807, 2.05) is 6.92 Å². The molecule has 0 saturated carbocycles. The van der Waals surface area contributed by atoms with E-state index in [9.17, 15) is 23.3 Å². The summed E-state index contributed by atoms with van der Waals surface area (Å²) in [6.45, 7) is 3.61. The Kier molecular flexibility index (Phi) is 6.48. The van der Waals surface area contributed by atoms with Crippen LogP contribution in [-0.2, 0) is 9.84 Å². The van der Waals surface area contributed by atoms with E-state index in [2.05, 4.69) is 5.32 Å². The van der Waals surface area contributed by atoms with Gasteiger partial charge < -0.3 is 14.8 Å².